The third kappa shape index (κ3) is 3.21. The molecular formula is C18H24N2O2. The molecule has 0 aromatic heterocycles. The van der Waals surface area contributed by atoms with Crippen LogP contribution in [0.4, 0.5) is 0 Å². The molecule has 1 aliphatic carbocycles. The Morgan fingerprint density at radius 2 is 1.82 bits per heavy atom. The van der Waals surface area contributed by atoms with Gasteiger partial charge in [0.15, 0.2) is 0 Å². The molecule has 0 heterocycles. The van der Waals surface area contributed by atoms with Crippen LogP contribution >= 0.6 is 0 Å². The lowest BCUT2D eigenvalue weighted by atomic mass is 10.1. The lowest BCUT2D eigenvalue weighted by molar-refractivity contribution is -0.128. The van der Waals surface area contributed by atoms with E-state index in [2.05, 4.69) is 25.2 Å². The van der Waals surface area contributed by atoms with Crippen molar-refractivity contribution in [3.05, 3.63) is 47.5 Å². The number of carbonyl (C=O) groups excluding carboxylic acids is 2. The van der Waals surface area contributed by atoms with Crippen LogP contribution in [0.1, 0.15) is 39.3 Å². The van der Waals surface area contributed by atoms with E-state index in [4.69, 9.17) is 5.73 Å². The minimum atomic E-state index is -0.780. The van der Waals surface area contributed by atoms with Gasteiger partial charge in [-0.25, -0.2) is 0 Å². The van der Waals surface area contributed by atoms with E-state index in [-0.39, 0.29) is 23.2 Å². The van der Waals surface area contributed by atoms with Crippen LogP contribution in [0.5, 0.6) is 0 Å². The minimum absolute atomic E-state index is 0.0831. The van der Waals surface area contributed by atoms with Crippen molar-refractivity contribution in [3.8, 4) is 0 Å². The molecule has 118 valence electrons. The Kier molecular flexibility index (Phi) is 4.40. The number of benzene rings is 1. The van der Waals surface area contributed by atoms with E-state index in [0.717, 1.165) is 0 Å². The highest BCUT2D eigenvalue weighted by Crippen LogP contribution is 2.59. The van der Waals surface area contributed by atoms with Crippen LogP contribution in [0.2, 0.25) is 0 Å². The number of primary amides is 1. The summed E-state index contributed by atoms with van der Waals surface area (Å²) >= 11 is 0. The van der Waals surface area contributed by atoms with Gasteiger partial charge in [-0.3, -0.25) is 9.59 Å². The van der Waals surface area contributed by atoms with Gasteiger partial charge in [-0.1, -0.05) is 55.8 Å². The molecular weight excluding hydrogens is 276 g/mol. The van der Waals surface area contributed by atoms with E-state index in [0.29, 0.717) is 5.56 Å². The standard InChI is InChI=1S/C18H24N2O2/c1-11(2)10-13-14(18(13,3)4)17(22)20-15(16(19)21)12-8-6-5-7-9-12/h5-10,13-15H,1-4H3,(H2,19,21)(H,20,22)/t13-,14-,15+/m1/s1. The maximum Gasteiger partial charge on any atom is 0.244 e. The summed E-state index contributed by atoms with van der Waals surface area (Å²) < 4.78 is 0. The van der Waals surface area contributed by atoms with Crippen molar-refractivity contribution in [2.24, 2.45) is 23.0 Å². The van der Waals surface area contributed by atoms with Crippen LogP contribution in [0.15, 0.2) is 42.0 Å². The zero-order valence-electron chi connectivity index (χ0n) is 13.6. The lowest BCUT2D eigenvalue weighted by Crippen LogP contribution is -2.39. The van der Waals surface area contributed by atoms with Crippen molar-refractivity contribution in [3.63, 3.8) is 0 Å². The number of amides is 2. The summed E-state index contributed by atoms with van der Waals surface area (Å²) in [6.07, 6.45) is 2.13. The Labute approximate surface area is 131 Å². The van der Waals surface area contributed by atoms with Crippen LogP contribution in [0.3, 0.4) is 0 Å². The first kappa shape index (κ1) is 16.3. The van der Waals surface area contributed by atoms with Crippen LogP contribution in [0.25, 0.3) is 0 Å². The fourth-order valence-corrected chi connectivity index (χ4v) is 3.04. The lowest BCUT2D eigenvalue weighted by Gasteiger charge is -2.16. The first-order chi connectivity index (χ1) is 10.2. The molecule has 4 heteroatoms. The average Bonchev–Trinajstić information content (AvgIpc) is 2.96. The van der Waals surface area contributed by atoms with Gasteiger partial charge in [-0.15, -0.1) is 0 Å². The van der Waals surface area contributed by atoms with Gasteiger partial charge in [0.1, 0.15) is 6.04 Å². The zero-order chi connectivity index (χ0) is 16.5. The number of hydrogen-bond acceptors (Lipinski definition) is 2. The molecule has 0 aliphatic heterocycles. The first-order valence-corrected chi connectivity index (χ1v) is 7.54. The molecule has 2 rings (SSSR count). The van der Waals surface area contributed by atoms with Crippen molar-refractivity contribution in [2.75, 3.05) is 0 Å². The second-order valence-electron chi connectivity index (χ2n) is 6.82. The highest BCUT2D eigenvalue weighted by atomic mass is 16.2. The second-order valence-corrected chi connectivity index (χ2v) is 6.82. The molecule has 0 spiro atoms. The summed E-state index contributed by atoms with van der Waals surface area (Å²) in [7, 11) is 0. The largest absolute Gasteiger partial charge is 0.368 e. The summed E-state index contributed by atoms with van der Waals surface area (Å²) in [5.41, 5.74) is 7.28. The molecule has 0 unspecified atom stereocenters. The van der Waals surface area contributed by atoms with Gasteiger partial charge in [0.2, 0.25) is 11.8 Å². The molecule has 3 atom stereocenters. The number of hydrogen-bond donors (Lipinski definition) is 2. The van der Waals surface area contributed by atoms with Gasteiger partial charge in [-0.2, -0.15) is 0 Å². The molecule has 1 aliphatic rings. The van der Waals surface area contributed by atoms with Gasteiger partial charge in [0, 0.05) is 0 Å². The molecule has 0 radical (unpaired) electrons. The number of allylic oxidation sites excluding steroid dienone is 2. The number of nitrogens with one attached hydrogen (secondary N) is 1. The van der Waals surface area contributed by atoms with E-state index >= 15 is 0 Å². The SMILES string of the molecule is CC(C)=C[C@@H]1[C@H](C(=O)N[C@H](C(N)=O)c2ccccc2)C1(C)C. The van der Waals surface area contributed by atoms with Crippen LogP contribution < -0.4 is 11.1 Å². The van der Waals surface area contributed by atoms with Gasteiger partial charge < -0.3 is 11.1 Å². The van der Waals surface area contributed by atoms with Crippen molar-refractivity contribution < 1.29 is 9.59 Å². The Bertz CT molecular complexity index is 601. The van der Waals surface area contributed by atoms with Gasteiger partial charge in [0.25, 0.3) is 0 Å². The zero-order valence-corrected chi connectivity index (χ0v) is 13.6. The molecule has 2 amide bonds. The predicted molar refractivity (Wildman–Crippen MR) is 86.7 cm³/mol. The van der Waals surface area contributed by atoms with Gasteiger partial charge in [0.05, 0.1) is 5.92 Å². The topological polar surface area (TPSA) is 72.2 Å². The molecule has 1 saturated carbocycles. The third-order valence-electron chi connectivity index (χ3n) is 4.41. The van der Waals surface area contributed by atoms with Gasteiger partial charge in [-0.05, 0) is 30.7 Å². The van der Waals surface area contributed by atoms with Crippen molar-refractivity contribution in [1.82, 2.24) is 5.32 Å². The number of rotatable bonds is 5. The van der Waals surface area contributed by atoms with Crippen LogP contribution in [-0.4, -0.2) is 11.8 Å². The minimum Gasteiger partial charge on any atom is -0.368 e. The predicted octanol–water partition coefficient (Wildman–Crippen LogP) is 2.57. The van der Waals surface area contributed by atoms with E-state index in [1.807, 2.05) is 32.0 Å². The van der Waals surface area contributed by atoms with Crippen LogP contribution in [-0.2, 0) is 9.59 Å². The van der Waals surface area contributed by atoms with E-state index in [1.165, 1.54) is 5.57 Å². The third-order valence-corrected chi connectivity index (χ3v) is 4.41. The van der Waals surface area contributed by atoms with Gasteiger partial charge >= 0.3 is 0 Å². The second kappa shape index (κ2) is 5.95. The smallest absolute Gasteiger partial charge is 0.244 e. The maximum absolute atomic E-state index is 12.6. The monoisotopic (exact) mass is 300 g/mol. The molecule has 4 nitrogen and oxygen atoms in total. The Hall–Kier alpha value is -2.10. The molecule has 22 heavy (non-hydrogen) atoms. The molecule has 0 saturated heterocycles. The summed E-state index contributed by atoms with van der Waals surface area (Å²) in [6.45, 7) is 8.20. The number of carbonyl (C=O) groups is 2. The van der Waals surface area contributed by atoms with Crippen molar-refractivity contribution in [2.45, 2.75) is 33.7 Å². The Morgan fingerprint density at radius 1 is 1.23 bits per heavy atom. The number of nitrogens with two attached hydrogens (primary N) is 1. The van der Waals surface area contributed by atoms with E-state index in [9.17, 15) is 9.59 Å². The highest BCUT2D eigenvalue weighted by Gasteiger charge is 2.60. The van der Waals surface area contributed by atoms with E-state index < -0.39 is 11.9 Å². The van der Waals surface area contributed by atoms with Crippen LogP contribution in [0, 0.1) is 17.3 Å². The summed E-state index contributed by atoms with van der Waals surface area (Å²) in [4.78, 5) is 24.2. The average molecular weight is 300 g/mol. The molecule has 0 bridgehead atoms. The summed E-state index contributed by atoms with van der Waals surface area (Å²) in [6, 6.07) is 8.31. The molecule has 1 fully saturated rings. The van der Waals surface area contributed by atoms with E-state index in [1.54, 1.807) is 12.1 Å². The maximum atomic E-state index is 12.6. The quantitative estimate of drug-likeness (QED) is 0.820. The fourth-order valence-electron chi connectivity index (χ4n) is 3.04. The molecule has 1 aromatic carbocycles. The highest BCUT2D eigenvalue weighted by molar-refractivity contribution is 5.90. The summed E-state index contributed by atoms with van der Waals surface area (Å²) in [5.74, 6) is -0.563. The molecule has 1 aromatic rings. The fraction of sp³-hybridized carbons (Fsp3) is 0.444. The first-order valence-electron chi connectivity index (χ1n) is 7.54. The molecule has 3 N–H and O–H groups in total. The normalized spacial score (nSPS) is 23.3. The van der Waals surface area contributed by atoms with Crippen molar-refractivity contribution in [1.29, 1.82) is 0 Å². The van der Waals surface area contributed by atoms with Crippen molar-refractivity contribution >= 4 is 11.8 Å². The Morgan fingerprint density at radius 3 is 2.32 bits per heavy atom. The summed E-state index contributed by atoms with van der Waals surface area (Å²) in [5, 5.41) is 2.81. The Balaban J connectivity index is 2.14.